The van der Waals surface area contributed by atoms with Gasteiger partial charge >= 0.3 is 0 Å². The second-order valence-electron chi connectivity index (χ2n) is 3.21. The van der Waals surface area contributed by atoms with Crippen LogP contribution in [0.15, 0.2) is 12.7 Å². The van der Waals surface area contributed by atoms with Crippen molar-refractivity contribution in [3.8, 4) is 0 Å². The van der Waals surface area contributed by atoms with Crippen molar-refractivity contribution in [2.75, 3.05) is 0 Å². The first-order chi connectivity index (χ1) is 4.83. The first-order valence-electron chi connectivity index (χ1n) is 4.20. The van der Waals surface area contributed by atoms with Gasteiger partial charge in [-0.1, -0.05) is 6.08 Å². The van der Waals surface area contributed by atoms with Gasteiger partial charge in [-0.05, 0) is 32.6 Å². The summed E-state index contributed by atoms with van der Waals surface area (Å²) in [6.45, 7) is 5.97. The van der Waals surface area contributed by atoms with Crippen molar-refractivity contribution in [1.29, 1.82) is 0 Å². The van der Waals surface area contributed by atoms with E-state index in [9.17, 15) is 0 Å². The summed E-state index contributed by atoms with van der Waals surface area (Å²) in [5.41, 5.74) is 0. The van der Waals surface area contributed by atoms with Crippen molar-refractivity contribution < 1.29 is 0 Å². The highest BCUT2D eigenvalue weighted by molar-refractivity contribution is 4.82. The first kappa shape index (κ1) is 7.80. The van der Waals surface area contributed by atoms with Gasteiger partial charge in [0.1, 0.15) is 0 Å². The van der Waals surface area contributed by atoms with E-state index in [0.717, 1.165) is 18.5 Å². The normalized spacial score (nSPS) is 32.5. The third-order valence-electron chi connectivity index (χ3n) is 2.19. The van der Waals surface area contributed by atoms with E-state index in [-0.39, 0.29) is 0 Å². The average Bonchev–Trinajstić information content (AvgIpc) is 2.31. The molecule has 0 aromatic carbocycles. The van der Waals surface area contributed by atoms with E-state index in [2.05, 4.69) is 18.8 Å². The Hall–Kier alpha value is -0.300. The highest BCUT2D eigenvalue weighted by atomic mass is 15.0. The highest BCUT2D eigenvalue weighted by Crippen LogP contribution is 2.15. The molecular weight excluding hydrogens is 122 g/mol. The third-order valence-corrected chi connectivity index (χ3v) is 2.19. The molecule has 0 aromatic heterocycles. The lowest BCUT2D eigenvalue weighted by Crippen LogP contribution is -2.26. The average molecular weight is 139 g/mol. The largest absolute Gasteiger partial charge is 0.311 e. The summed E-state index contributed by atoms with van der Waals surface area (Å²) < 4.78 is 0. The van der Waals surface area contributed by atoms with Gasteiger partial charge in [0.15, 0.2) is 0 Å². The van der Waals surface area contributed by atoms with Crippen LogP contribution in [0.3, 0.4) is 0 Å². The van der Waals surface area contributed by atoms with Crippen molar-refractivity contribution in [1.82, 2.24) is 5.32 Å². The Morgan fingerprint density at radius 2 is 2.40 bits per heavy atom. The SMILES string of the molecule is C=CCC[C@@H]1CC[C@H](C)N1. The monoisotopic (exact) mass is 139 g/mol. The van der Waals surface area contributed by atoms with E-state index in [1.54, 1.807) is 0 Å². The summed E-state index contributed by atoms with van der Waals surface area (Å²) in [4.78, 5) is 0. The van der Waals surface area contributed by atoms with Crippen LogP contribution in [0.5, 0.6) is 0 Å². The van der Waals surface area contributed by atoms with Gasteiger partial charge in [-0.2, -0.15) is 0 Å². The summed E-state index contributed by atoms with van der Waals surface area (Å²) >= 11 is 0. The van der Waals surface area contributed by atoms with Gasteiger partial charge in [-0.15, -0.1) is 6.58 Å². The number of allylic oxidation sites excluding steroid dienone is 1. The molecule has 1 aliphatic rings. The van der Waals surface area contributed by atoms with E-state index in [1.165, 1.54) is 19.3 Å². The predicted octanol–water partition coefficient (Wildman–Crippen LogP) is 2.09. The molecule has 1 fully saturated rings. The molecule has 0 aliphatic carbocycles. The molecule has 1 N–H and O–H groups in total. The molecule has 0 bridgehead atoms. The molecule has 0 radical (unpaired) electrons. The Labute approximate surface area is 63.5 Å². The Morgan fingerprint density at radius 3 is 2.90 bits per heavy atom. The minimum Gasteiger partial charge on any atom is -0.311 e. The molecule has 0 saturated carbocycles. The number of rotatable bonds is 3. The number of hydrogen-bond donors (Lipinski definition) is 1. The number of hydrogen-bond acceptors (Lipinski definition) is 1. The molecule has 0 unspecified atom stereocenters. The fourth-order valence-corrected chi connectivity index (χ4v) is 1.57. The van der Waals surface area contributed by atoms with Crippen molar-refractivity contribution in [3.05, 3.63) is 12.7 Å². The fraction of sp³-hybridized carbons (Fsp3) is 0.778. The lowest BCUT2D eigenvalue weighted by atomic mass is 10.1. The summed E-state index contributed by atoms with van der Waals surface area (Å²) in [5.74, 6) is 0. The van der Waals surface area contributed by atoms with Gasteiger partial charge < -0.3 is 5.32 Å². The topological polar surface area (TPSA) is 12.0 Å². The lowest BCUT2D eigenvalue weighted by Gasteiger charge is -2.08. The molecule has 0 amide bonds. The second kappa shape index (κ2) is 3.77. The van der Waals surface area contributed by atoms with Crippen LogP contribution in [0.25, 0.3) is 0 Å². The fourth-order valence-electron chi connectivity index (χ4n) is 1.57. The Bertz CT molecular complexity index is 109. The maximum absolute atomic E-state index is 3.71. The van der Waals surface area contributed by atoms with Crippen molar-refractivity contribution >= 4 is 0 Å². The van der Waals surface area contributed by atoms with Crippen LogP contribution < -0.4 is 5.32 Å². The first-order valence-corrected chi connectivity index (χ1v) is 4.20. The van der Waals surface area contributed by atoms with Crippen molar-refractivity contribution in [2.45, 2.75) is 44.7 Å². The van der Waals surface area contributed by atoms with Crippen LogP contribution in [0, 0.1) is 0 Å². The third kappa shape index (κ3) is 2.14. The van der Waals surface area contributed by atoms with Gasteiger partial charge in [0.05, 0.1) is 0 Å². The van der Waals surface area contributed by atoms with Crippen LogP contribution >= 0.6 is 0 Å². The van der Waals surface area contributed by atoms with Gasteiger partial charge in [-0.25, -0.2) is 0 Å². The van der Waals surface area contributed by atoms with E-state index in [0.29, 0.717) is 0 Å². The van der Waals surface area contributed by atoms with Crippen LogP contribution in [-0.2, 0) is 0 Å². The molecule has 1 nitrogen and oxygen atoms in total. The minimum absolute atomic E-state index is 0.745. The molecule has 1 rings (SSSR count). The molecule has 1 heteroatoms. The minimum atomic E-state index is 0.745. The predicted molar refractivity (Wildman–Crippen MR) is 45.1 cm³/mol. The van der Waals surface area contributed by atoms with Crippen molar-refractivity contribution in [3.63, 3.8) is 0 Å². The van der Waals surface area contributed by atoms with E-state index < -0.39 is 0 Å². The molecule has 58 valence electrons. The summed E-state index contributed by atoms with van der Waals surface area (Å²) in [5, 5.41) is 3.54. The summed E-state index contributed by atoms with van der Waals surface area (Å²) in [6.07, 6.45) is 7.14. The summed E-state index contributed by atoms with van der Waals surface area (Å²) in [6, 6.07) is 1.52. The Kier molecular flexibility index (Phi) is 2.94. The van der Waals surface area contributed by atoms with Gasteiger partial charge in [0.2, 0.25) is 0 Å². The lowest BCUT2D eigenvalue weighted by molar-refractivity contribution is 0.531. The smallest absolute Gasteiger partial charge is 0.00730 e. The zero-order valence-electron chi connectivity index (χ0n) is 6.77. The molecule has 0 spiro atoms. The molecule has 1 heterocycles. The van der Waals surface area contributed by atoms with E-state index >= 15 is 0 Å². The molecular formula is C9H17N. The standard InChI is InChI=1S/C9H17N/c1-3-4-5-9-7-6-8(2)10-9/h3,8-10H,1,4-7H2,2H3/t8-,9+/m0/s1. The molecule has 0 aromatic rings. The zero-order chi connectivity index (χ0) is 7.40. The highest BCUT2D eigenvalue weighted by Gasteiger charge is 2.18. The van der Waals surface area contributed by atoms with Gasteiger partial charge in [0.25, 0.3) is 0 Å². The molecule has 1 saturated heterocycles. The molecule has 2 atom stereocenters. The van der Waals surface area contributed by atoms with Crippen LogP contribution in [0.4, 0.5) is 0 Å². The van der Waals surface area contributed by atoms with Gasteiger partial charge in [0, 0.05) is 12.1 Å². The second-order valence-corrected chi connectivity index (χ2v) is 3.21. The number of nitrogens with one attached hydrogen (secondary N) is 1. The maximum Gasteiger partial charge on any atom is 0.00730 e. The zero-order valence-corrected chi connectivity index (χ0v) is 6.77. The quantitative estimate of drug-likeness (QED) is 0.590. The maximum atomic E-state index is 3.71. The van der Waals surface area contributed by atoms with Crippen LogP contribution in [0.1, 0.15) is 32.6 Å². The van der Waals surface area contributed by atoms with E-state index in [4.69, 9.17) is 0 Å². The van der Waals surface area contributed by atoms with Crippen molar-refractivity contribution in [2.24, 2.45) is 0 Å². The van der Waals surface area contributed by atoms with E-state index in [1.807, 2.05) is 6.08 Å². The molecule has 1 aliphatic heterocycles. The van der Waals surface area contributed by atoms with Crippen LogP contribution in [0.2, 0.25) is 0 Å². The van der Waals surface area contributed by atoms with Gasteiger partial charge in [-0.3, -0.25) is 0 Å². The van der Waals surface area contributed by atoms with Crippen LogP contribution in [-0.4, -0.2) is 12.1 Å². The Balaban J connectivity index is 2.12. The molecule has 10 heavy (non-hydrogen) atoms. The summed E-state index contributed by atoms with van der Waals surface area (Å²) in [7, 11) is 0. The Morgan fingerprint density at radius 1 is 1.60 bits per heavy atom.